The number of para-hydroxylation sites is 1. The molecule has 0 radical (unpaired) electrons. The molecule has 23 heavy (non-hydrogen) atoms. The van der Waals surface area contributed by atoms with Crippen LogP contribution in [0.15, 0.2) is 24.3 Å². The van der Waals surface area contributed by atoms with E-state index < -0.39 is 0 Å². The van der Waals surface area contributed by atoms with Crippen molar-refractivity contribution in [3.63, 3.8) is 0 Å². The SMILES string of the molecule is COc1ccccc1CC(C)N(C)C(=O)C[C@@H]1CCC[C@H]1N.Cl. The number of methoxy groups -OCH3 is 1. The van der Waals surface area contributed by atoms with Gasteiger partial charge in [0.25, 0.3) is 0 Å². The molecule has 3 atom stereocenters. The van der Waals surface area contributed by atoms with Gasteiger partial charge in [0.05, 0.1) is 7.11 Å². The summed E-state index contributed by atoms with van der Waals surface area (Å²) in [5.74, 6) is 1.44. The van der Waals surface area contributed by atoms with Crippen molar-refractivity contribution < 1.29 is 9.53 Å². The molecule has 1 aliphatic rings. The highest BCUT2D eigenvalue weighted by Gasteiger charge is 2.28. The molecule has 2 N–H and O–H groups in total. The van der Waals surface area contributed by atoms with Crippen molar-refractivity contribution in [1.29, 1.82) is 0 Å². The summed E-state index contributed by atoms with van der Waals surface area (Å²) in [6.45, 7) is 2.08. The number of ether oxygens (including phenoxy) is 1. The molecule has 1 saturated carbocycles. The average molecular weight is 341 g/mol. The third-order valence-electron chi connectivity index (χ3n) is 4.92. The third kappa shape index (κ3) is 5.11. The molecule has 2 rings (SSSR count). The summed E-state index contributed by atoms with van der Waals surface area (Å²) in [5, 5.41) is 0. The van der Waals surface area contributed by atoms with E-state index in [0.29, 0.717) is 12.3 Å². The number of carbonyl (C=O) groups is 1. The zero-order valence-corrected chi connectivity index (χ0v) is 15.1. The predicted molar refractivity (Wildman–Crippen MR) is 96.1 cm³/mol. The fraction of sp³-hybridized carbons (Fsp3) is 0.611. The molecule has 0 aromatic heterocycles. The van der Waals surface area contributed by atoms with Crippen molar-refractivity contribution in [2.45, 2.75) is 51.1 Å². The van der Waals surface area contributed by atoms with Crippen LogP contribution in [-0.2, 0) is 11.2 Å². The standard InChI is InChI=1S/C18H28N2O2.ClH/c1-13(11-15-7-4-5-10-17(15)22-3)20(2)18(21)12-14-8-6-9-16(14)19;/h4-5,7,10,13-14,16H,6,8-9,11-12,19H2,1-3H3;1H/t13?,14-,16+;/m0./s1. The highest BCUT2D eigenvalue weighted by atomic mass is 35.5. The van der Waals surface area contributed by atoms with E-state index in [2.05, 4.69) is 13.0 Å². The Hall–Kier alpha value is -1.26. The van der Waals surface area contributed by atoms with Crippen LogP contribution in [0, 0.1) is 5.92 Å². The smallest absolute Gasteiger partial charge is 0.222 e. The van der Waals surface area contributed by atoms with Gasteiger partial charge >= 0.3 is 0 Å². The number of nitrogens with two attached hydrogens (primary N) is 1. The summed E-state index contributed by atoms with van der Waals surface area (Å²) in [6.07, 6.45) is 4.66. The fourth-order valence-electron chi connectivity index (χ4n) is 3.26. The van der Waals surface area contributed by atoms with E-state index in [1.165, 1.54) is 0 Å². The Morgan fingerprint density at radius 2 is 2.09 bits per heavy atom. The van der Waals surface area contributed by atoms with Gasteiger partial charge in [0.2, 0.25) is 5.91 Å². The van der Waals surface area contributed by atoms with Gasteiger partial charge in [-0.25, -0.2) is 0 Å². The molecule has 1 aromatic rings. The average Bonchev–Trinajstić information content (AvgIpc) is 2.92. The highest BCUT2D eigenvalue weighted by molar-refractivity contribution is 5.85. The topological polar surface area (TPSA) is 55.6 Å². The highest BCUT2D eigenvalue weighted by Crippen LogP contribution is 2.28. The molecule has 1 unspecified atom stereocenters. The van der Waals surface area contributed by atoms with E-state index >= 15 is 0 Å². The second-order valence-electron chi connectivity index (χ2n) is 6.43. The monoisotopic (exact) mass is 340 g/mol. The first-order valence-electron chi connectivity index (χ1n) is 8.16. The first kappa shape index (κ1) is 19.8. The van der Waals surface area contributed by atoms with Crippen molar-refractivity contribution in [1.82, 2.24) is 4.90 Å². The van der Waals surface area contributed by atoms with E-state index in [1.807, 2.05) is 30.1 Å². The lowest BCUT2D eigenvalue weighted by Gasteiger charge is -2.27. The second-order valence-corrected chi connectivity index (χ2v) is 6.43. The summed E-state index contributed by atoms with van der Waals surface area (Å²) in [5.41, 5.74) is 7.21. The van der Waals surface area contributed by atoms with E-state index in [4.69, 9.17) is 10.5 Å². The van der Waals surface area contributed by atoms with Crippen LogP contribution in [0.5, 0.6) is 5.75 Å². The van der Waals surface area contributed by atoms with Crippen molar-refractivity contribution in [3.8, 4) is 5.75 Å². The molecule has 0 heterocycles. The molecule has 1 aromatic carbocycles. The van der Waals surface area contributed by atoms with Crippen LogP contribution in [0.25, 0.3) is 0 Å². The maximum absolute atomic E-state index is 12.5. The van der Waals surface area contributed by atoms with Crippen molar-refractivity contribution >= 4 is 18.3 Å². The number of carbonyl (C=O) groups excluding carboxylic acids is 1. The van der Waals surface area contributed by atoms with Crippen LogP contribution in [0.2, 0.25) is 0 Å². The minimum absolute atomic E-state index is 0. The van der Waals surface area contributed by atoms with E-state index in [1.54, 1.807) is 7.11 Å². The van der Waals surface area contributed by atoms with Crippen LogP contribution in [0.3, 0.4) is 0 Å². The zero-order valence-electron chi connectivity index (χ0n) is 14.3. The lowest BCUT2D eigenvalue weighted by Crippen LogP contribution is -2.39. The Bertz CT molecular complexity index is 510. The molecule has 1 fully saturated rings. The van der Waals surface area contributed by atoms with Crippen LogP contribution in [-0.4, -0.2) is 37.0 Å². The number of hydrogen-bond donors (Lipinski definition) is 1. The fourth-order valence-corrected chi connectivity index (χ4v) is 3.26. The summed E-state index contributed by atoms with van der Waals surface area (Å²) < 4.78 is 5.39. The normalized spacial score (nSPS) is 21.4. The minimum Gasteiger partial charge on any atom is -0.496 e. The van der Waals surface area contributed by atoms with Gasteiger partial charge in [-0.2, -0.15) is 0 Å². The molecular weight excluding hydrogens is 312 g/mol. The van der Waals surface area contributed by atoms with Gasteiger partial charge in [-0.3, -0.25) is 4.79 Å². The molecule has 1 aliphatic carbocycles. The Balaban J connectivity index is 0.00000264. The molecule has 0 spiro atoms. The number of benzene rings is 1. The summed E-state index contributed by atoms with van der Waals surface area (Å²) in [6, 6.07) is 8.32. The Morgan fingerprint density at radius 1 is 1.39 bits per heavy atom. The second kappa shape index (κ2) is 9.14. The minimum atomic E-state index is 0. The largest absolute Gasteiger partial charge is 0.496 e. The maximum atomic E-state index is 12.5. The lowest BCUT2D eigenvalue weighted by molar-refractivity contribution is -0.132. The number of hydrogen-bond acceptors (Lipinski definition) is 3. The number of amides is 1. The van der Waals surface area contributed by atoms with Crippen molar-refractivity contribution in [2.24, 2.45) is 11.7 Å². The molecular formula is C18H29ClN2O2. The Labute approximate surface area is 145 Å². The molecule has 4 nitrogen and oxygen atoms in total. The Kier molecular flexibility index (Phi) is 7.86. The van der Waals surface area contributed by atoms with E-state index in [-0.39, 0.29) is 30.4 Å². The molecule has 0 saturated heterocycles. The Morgan fingerprint density at radius 3 is 2.70 bits per heavy atom. The van der Waals surface area contributed by atoms with E-state index in [0.717, 1.165) is 37.0 Å². The third-order valence-corrected chi connectivity index (χ3v) is 4.92. The molecule has 130 valence electrons. The molecule has 0 aliphatic heterocycles. The summed E-state index contributed by atoms with van der Waals surface area (Å²) in [7, 11) is 3.57. The number of likely N-dealkylation sites (N-methyl/N-ethyl adjacent to an activating group) is 1. The van der Waals surface area contributed by atoms with Gasteiger partial charge in [0, 0.05) is 25.6 Å². The number of rotatable bonds is 6. The summed E-state index contributed by atoms with van der Waals surface area (Å²) in [4.78, 5) is 14.3. The van der Waals surface area contributed by atoms with Crippen LogP contribution < -0.4 is 10.5 Å². The van der Waals surface area contributed by atoms with Gasteiger partial charge in [0.1, 0.15) is 5.75 Å². The van der Waals surface area contributed by atoms with Gasteiger partial charge in [-0.05, 0) is 43.7 Å². The van der Waals surface area contributed by atoms with Crippen molar-refractivity contribution in [2.75, 3.05) is 14.2 Å². The van der Waals surface area contributed by atoms with Crippen LogP contribution >= 0.6 is 12.4 Å². The maximum Gasteiger partial charge on any atom is 0.222 e. The lowest BCUT2D eigenvalue weighted by atomic mass is 9.98. The van der Waals surface area contributed by atoms with Crippen molar-refractivity contribution in [3.05, 3.63) is 29.8 Å². The zero-order chi connectivity index (χ0) is 16.1. The van der Waals surface area contributed by atoms with Gasteiger partial charge in [-0.1, -0.05) is 24.6 Å². The van der Waals surface area contributed by atoms with Crippen LogP contribution in [0.4, 0.5) is 0 Å². The quantitative estimate of drug-likeness (QED) is 0.866. The molecule has 1 amide bonds. The van der Waals surface area contributed by atoms with Gasteiger partial charge in [-0.15, -0.1) is 12.4 Å². The number of halogens is 1. The van der Waals surface area contributed by atoms with Crippen LogP contribution in [0.1, 0.15) is 38.2 Å². The van der Waals surface area contributed by atoms with Gasteiger partial charge < -0.3 is 15.4 Å². The van der Waals surface area contributed by atoms with Gasteiger partial charge in [0.15, 0.2) is 0 Å². The predicted octanol–water partition coefficient (Wildman–Crippen LogP) is 3.02. The molecule has 0 bridgehead atoms. The summed E-state index contributed by atoms with van der Waals surface area (Å²) >= 11 is 0. The van der Waals surface area contributed by atoms with E-state index in [9.17, 15) is 4.79 Å². The first-order valence-corrected chi connectivity index (χ1v) is 8.16. The first-order chi connectivity index (χ1) is 10.5. The number of nitrogens with zero attached hydrogens (tertiary/aromatic N) is 1. The molecule has 5 heteroatoms.